The number of thioether (sulfide) groups is 1. The van der Waals surface area contributed by atoms with E-state index >= 15 is 0 Å². The second-order valence-electron chi connectivity index (χ2n) is 7.12. The molecule has 158 valence electrons. The minimum atomic E-state index is -0.524. The SMILES string of the molecule is CC(C)CCCC(C)NC(=O)COC(=O)CSc1nnc(-c2ccc(Cl)cc2)o1. The van der Waals surface area contributed by atoms with Crippen molar-refractivity contribution in [3.05, 3.63) is 29.3 Å². The summed E-state index contributed by atoms with van der Waals surface area (Å²) in [5, 5.41) is 11.5. The summed E-state index contributed by atoms with van der Waals surface area (Å²) in [4.78, 5) is 23.7. The Morgan fingerprint density at radius 2 is 1.90 bits per heavy atom. The highest BCUT2D eigenvalue weighted by atomic mass is 35.5. The molecule has 1 aromatic carbocycles. The summed E-state index contributed by atoms with van der Waals surface area (Å²) in [6.45, 7) is 6.00. The van der Waals surface area contributed by atoms with Gasteiger partial charge in [-0.25, -0.2) is 0 Å². The first-order chi connectivity index (χ1) is 13.8. The molecule has 0 bridgehead atoms. The lowest BCUT2D eigenvalue weighted by molar-refractivity contribution is -0.146. The van der Waals surface area contributed by atoms with Crippen LogP contribution >= 0.6 is 23.4 Å². The standard InChI is InChI=1S/C20H26ClN3O4S/c1-13(2)5-4-6-14(3)22-17(25)11-27-18(26)12-29-20-24-23-19(28-20)15-7-9-16(21)10-8-15/h7-10,13-14H,4-6,11-12H2,1-3H3,(H,22,25). The molecule has 0 aliphatic heterocycles. The van der Waals surface area contributed by atoms with Crippen molar-refractivity contribution >= 4 is 35.2 Å². The van der Waals surface area contributed by atoms with Gasteiger partial charge in [-0.15, -0.1) is 10.2 Å². The van der Waals surface area contributed by atoms with Crippen molar-refractivity contribution in [1.29, 1.82) is 0 Å². The van der Waals surface area contributed by atoms with Gasteiger partial charge in [-0.1, -0.05) is 50.1 Å². The normalized spacial score (nSPS) is 12.0. The molecular formula is C20H26ClN3O4S. The zero-order valence-electron chi connectivity index (χ0n) is 16.8. The lowest BCUT2D eigenvalue weighted by atomic mass is 10.0. The van der Waals surface area contributed by atoms with E-state index in [0.29, 0.717) is 16.8 Å². The second kappa shape index (κ2) is 11.8. The van der Waals surface area contributed by atoms with Gasteiger partial charge in [0.05, 0.1) is 0 Å². The number of hydrogen-bond donors (Lipinski definition) is 1. The smallest absolute Gasteiger partial charge is 0.316 e. The van der Waals surface area contributed by atoms with Gasteiger partial charge in [-0.3, -0.25) is 9.59 Å². The molecule has 1 unspecified atom stereocenters. The van der Waals surface area contributed by atoms with Crippen LogP contribution in [0.15, 0.2) is 33.9 Å². The molecule has 1 amide bonds. The quantitative estimate of drug-likeness (QED) is 0.410. The van der Waals surface area contributed by atoms with E-state index in [4.69, 9.17) is 20.8 Å². The first-order valence-corrected chi connectivity index (χ1v) is 10.9. The molecule has 9 heteroatoms. The van der Waals surface area contributed by atoms with Gasteiger partial charge in [0.1, 0.15) is 5.75 Å². The zero-order chi connectivity index (χ0) is 21.2. The Hall–Kier alpha value is -2.06. The highest BCUT2D eigenvalue weighted by Crippen LogP contribution is 2.24. The number of carbonyl (C=O) groups excluding carboxylic acids is 2. The molecule has 0 saturated carbocycles. The van der Waals surface area contributed by atoms with E-state index in [2.05, 4.69) is 29.4 Å². The van der Waals surface area contributed by atoms with Crippen LogP contribution in [0.4, 0.5) is 0 Å². The minimum absolute atomic E-state index is 0.0283. The molecule has 0 saturated heterocycles. The molecule has 1 heterocycles. The fraction of sp³-hybridized carbons (Fsp3) is 0.500. The third-order valence-corrected chi connectivity index (χ3v) is 5.05. The molecule has 1 aromatic heterocycles. The second-order valence-corrected chi connectivity index (χ2v) is 8.49. The van der Waals surface area contributed by atoms with Crippen molar-refractivity contribution in [1.82, 2.24) is 15.5 Å². The van der Waals surface area contributed by atoms with E-state index in [1.165, 1.54) is 0 Å². The summed E-state index contributed by atoms with van der Waals surface area (Å²) in [7, 11) is 0. The number of benzene rings is 1. The molecule has 29 heavy (non-hydrogen) atoms. The van der Waals surface area contributed by atoms with E-state index in [-0.39, 0.29) is 29.5 Å². The summed E-state index contributed by atoms with van der Waals surface area (Å²) < 4.78 is 10.5. The number of nitrogens with one attached hydrogen (secondary N) is 1. The number of rotatable bonds is 11. The Balaban J connectivity index is 1.67. The minimum Gasteiger partial charge on any atom is -0.455 e. The van der Waals surface area contributed by atoms with Gasteiger partial charge in [0, 0.05) is 16.6 Å². The predicted molar refractivity (Wildman–Crippen MR) is 113 cm³/mol. The van der Waals surface area contributed by atoms with Gasteiger partial charge >= 0.3 is 5.97 Å². The summed E-state index contributed by atoms with van der Waals surface area (Å²) in [5.41, 5.74) is 0.732. The van der Waals surface area contributed by atoms with Crippen molar-refractivity contribution in [3.63, 3.8) is 0 Å². The molecule has 0 radical (unpaired) electrons. The summed E-state index contributed by atoms with van der Waals surface area (Å²) in [5.74, 6) is 0.132. The first kappa shape index (κ1) is 23.2. The Kier molecular flexibility index (Phi) is 9.47. The Morgan fingerprint density at radius 3 is 2.59 bits per heavy atom. The van der Waals surface area contributed by atoms with Crippen molar-refractivity contribution < 1.29 is 18.7 Å². The average molecular weight is 440 g/mol. The molecular weight excluding hydrogens is 414 g/mol. The highest BCUT2D eigenvalue weighted by Gasteiger charge is 2.14. The van der Waals surface area contributed by atoms with Gasteiger partial charge in [-0.2, -0.15) is 0 Å². The first-order valence-electron chi connectivity index (χ1n) is 9.50. The van der Waals surface area contributed by atoms with Crippen molar-refractivity contribution in [2.24, 2.45) is 5.92 Å². The highest BCUT2D eigenvalue weighted by molar-refractivity contribution is 7.99. The van der Waals surface area contributed by atoms with Gasteiger partial charge in [0.25, 0.3) is 11.1 Å². The number of nitrogens with zero attached hydrogens (tertiary/aromatic N) is 2. The molecule has 1 atom stereocenters. The number of aromatic nitrogens is 2. The van der Waals surface area contributed by atoms with E-state index in [0.717, 1.165) is 36.6 Å². The number of ether oxygens (including phenoxy) is 1. The average Bonchev–Trinajstić information content (AvgIpc) is 3.14. The fourth-order valence-electron chi connectivity index (χ4n) is 2.51. The zero-order valence-corrected chi connectivity index (χ0v) is 18.4. The number of carbonyl (C=O) groups is 2. The van der Waals surface area contributed by atoms with E-state index < -0.39 is 5.97 Å². The van der Waals surface area contributed by atoms with E-state index in [1.54, 1.807) is 24.3 Å². The van der Waals surface area contributed by atoms with Crippen LogP contribution in [0.5, 0.6) is 0 Å². The Bertz CT molecular complexity index is 795. The van der Waals surface area contributed by atoms with Crippen molar-refractivity contribution in [2.45, 2.75) is 51.3 Å². The number of amides is 1. The van der Waals surface area contributed by atoms with Gasteiger partial charge < -0.3 is 14.5 Å². The fourth-order valence-corrected chi connectivity index (χ4v) is 3.19. The molecule has 0 spiro atoms. The summed E-state index contributed by atoms with van der Waals surface area (Å²) in [6, 6.07) is 7.03. The lowest BCUT2D eigenvalue weighted by Crippen LogP contribution is -2.36. The molecule has 0 aliphatic rings. The van der Waals surface area contributed by atoms with Crippen molar-refractivity contribution in [2.75, 3.05) is 12.4 Å². The lowest BCUT2D eigenvalue weighted by Gasteiger charge is -2.14. The molecule has 0 aliphatic carbocycles. The maximum atomic E-state index is 11.9. The Morgan fingerprint density at radius 1 is 1.17 bits per heavy atom. The monoisotopic (exact) mass is 439 g/mol. The van der Waals surface area contributed by atoms with Crippen LogP contribution in [0.25, 0.3) is 11.5 Å². The van der Waals surface area contributed by atoms with Gasteiger partial charge in [-0.05, 0) is 43.5 Å². The van der Waals surface area contributed by atoms with E-state index in [9.17, 15) is 9.59 Å². The molecule has 2 rings (SSSR count). The van der Waals surface area contributed by atoms with Crippen LogP contribution < -0.4 is 5.32 Å². The summed E-state index contributed by atoms with van der Waals surface area (Å²) >= 11 is 6.91. The van der Waals surface area contributed by atoms with Crippen LogP contribution in [-0.4, -0.2) is 40.5 Å². The van der Waals surface area contributed by atoms with Crippen LogP contribution in [0.1, 0.15) is 40.0 Å². The van der Waals surface area contributed by atoms with Crippen molar-refractivity contribution in [3.8, 4) is 11.5 Å². The van der Waals surface area contributed by atoms with Gasteiger partial charge in [0.15, 0.2) is 6.61 Å². The van der Waals surface area contributed by atoms with Crippen LogP contribution in [0, 0.1) is 5.92 Å². The van der Waals surface area contributed by atoms with Crippen LogP contribution in [0.2, 0.25) is 5.02 Å². The van der Waals surface area contributed by atoms with Gasteiger partial charge in [0.2, 0.25) is 5.89 Å². The van der Waals surface area contributed by atoms with Crippen LogP contribution in [-0.2, 0) is 14.3 Å². The molecule has 7 nitrogen and oxygen atoms in total. The predicted octanol–water partition coefficient (Wildman–Crippen LogP) is 4.36. The number of hydrogen-bond acceptors (Lipinski definition) is 7. The number of halogens is 1. The summed E-state index contributed by atoms with van der Waals surface area (Å²) in [6.07, 6.45) is 3.08. The van der Waals surface area contributed by atoms with Crippen LogP contribution in [0.3, 0.4) is 0 Å². The maximum absolute atomic E-state index is 11.9. The third-order valence-electron chi connectivity index (χ3n) is 4.00. The molecule has 0 fully saturated rings. The number of esters is 1. The Labute approximate surface area is 179 Å². The maximum Gasteiger partial charge on any atom is 0.316 e. The molecule has 1 N–H and O–H groups in total. The molecule has 2 aromatic rings. The topological polar surface area (TPSA) is 94.3 Å². The largest absolute Gasteiger partial charge is 0.455 e. The van der Waals surface area contributed by atoms with E-state index in [1.807, 2.05) is 6.92 Å². The third kappa shape index (κ3) is 8.87.